The monoisotopic (exact) mass is 473 g/mol. The number of hydrogen-bond donors (Lipinski definition) is 1. The van der Waals surface area contributed by atoms with Gasteiger partial charge in [-0.05, 0) is 60.0 Å². The molecule has 6 nitrogen and oxygen atoms in total. The topological polar surface area (TPSA) is 73.2 Å². The largest absolute Gasteiger partial charge is 0.407 e. The lowest BCUT2D eigenvalue weighted by Crippen LogP contribution is -2.11. The lowest BCUT2D eigenvalue weighted by atomic mass is 9.99. The molecule has 0 saturated carbocycles. The van der Waals surface area contributed by atoms with E-state index in [1.54, 1.807) is 28.9 Å². The van der Waals surface area contributed by atoms with Gasteiger partial charge in [0.1, 0.15) is 0 Å². The number of nitrogens with one attached hydrogen (secondary N) is 1. The van der Waals surface area contributed by atoms with Gasteiger partial charge in [-0.1, -0.05) is 55.8 Å². The molecule has 1 aromatic heterocycles. The molecule has 4 rings (SSSR count). The van der Waals surface area contributed by atoms with E-state index in [2.05, 4.69) is 5.32 Å². The summed E-state index contributed by atoms with van der Waals surface area (Å²) in [5.41, 5.74) is 4.31. The highest BCUT2D eigenvalue weighted by Crippen LogP contribution is 2.39. The van der Waals surface area contributed by atoms with Crippen LogP contribution in [-0.2, 0) is 4.79 Å². The van der Waals surface area contributed by atoms with Crippen molar-refractivity contribution in [3.8, 4) is 22.7 Å². The first kappa shape index (κ1) is 23.3. The lowest BCUT2D eigenvalue weighted by molar-refractivity contribution is -0.132. The third kappa shape index (κ3) is 5.02. The average Bonchev–Trinajstić information content (AvgIpc) is 3.19. The number of carbonyl (C=O) groups is 2. The molecular formula is C27H24ClN3O3. The lowest BCUT2D eigenvalue weighted by Gasteiger charge is -2.11. The molecule has 7 heteroatoms. The second-order valence-electron chi connectivity index (χ2n) is 8.10. The highest BCUT2D eigenvalue weighted by atomic mass is 35.5. The van der Waals surface area contributed by atoms with Crippen LogP contribution in [0.25, 0.3) is 16.8 Å². The van der Waals surface area contributed by atoms with Gasteiger partial charge in [-0.2, -0.15) is 9.78 Å². The van der Waals surface area contributed by atoms with Crippen LogP contribution in [0.15, 0.2) is 78.9 Å². The molecule has 0 fully saturated rings. The molecule has 0 aliphatic rings. The number of benzene rings is 3. The van der Waals surface area contributed by atoms with Gasteiger partial charge in [-0.25, -0.2) is 0 Å². The fraction of sp³-hybridized carbons (Fsp3) is 0.148. The Morgan fingerprint density at radius 2 is 1.59 bits per heavy atom. The second kappa shape index (κ2) is 9.93. The van der Waals surface area contributed by atoms with Crippen LogP contribution in [0.5, 0.6) is 5.88 Å². The molecule has 0 aliphatic carbocycles. The molecule has 0 radical (unpaired) electrons. The summed E-state index contributed by atoms with van der Waals surface area (Å²) in [6.45, 7) is 5.45. The Hall–Kier alpha value is -3.90. The van der Waals surface area contributed by atoms with Crippen LogP contribution in [0.2, 0.25) is 5.02 Å². The van der Waals surface area contributed by atoms with Crippen molar-refractivity contribution in [2.24, 2.45) is 0 Å². The van der Waals surface area contributed by atoms with Gasteiger partial charge in [0, 0.05) is 23.2 Å². The van der Waals surface area contributed by atoms with Crippen molar-refractivity contribution < 1.29 is 14.3 Å². The number of amides is 1. The zero-order valence-electron chi connectivity index (χ0n) is 19.1. The number of hydrogen-bond acceptors (Lipinski definition) is 4. The number of ether oxygens (including phenoxy) is 1. The van der Waals surface area contributed by atoms with Crippen molar-refractivity contribution in [2.45, 2.75) is 26.7 Å². The zero-order chi connectivity index (χ0) is 24.2. The van der Waals surface area contributed by atoms with E-state index >= 15 is 0 Å². The van der Waals surface area contributed by atoms with Crippen LogP contribution in [0.4, 0.5) is 5.69 Å². The number of carbonyl (C=O) groups excluding carboxylic acids is 2. The Labute approximate surface area is 203 Å². The number of nitrogens with zero attached hydrogens (tertiary/aromatic N) is 2. The fourth-order valence-electron chi connectivity index (χ4n) is 3.59. The van der Waals surface area contributed by atoms with E-state index in [0.717, 1.165) is 22.5 Å². The van der Waals surface area contributed by atoms with Crippen LogP contribution < -0.4 is 10.1 Å². The summed E-state index contributed by atoms with van der Waals surface area (Å²) in [7, 11) is 0. The molecule has 0 unspecified atom stereocenters. The quantitative estimate of drug-likeness (QED) is 0.325. The molecule has 0 aliphatic heterocycles. The molecule has 172 valence electrons. The fourth-order valence-corrected chi connectivity index (χ4v) is 3.72. The van der Waals surface area contributed by atoms with Gasteiger partial charge in [0.25, 0.3) is 5.91 Å². The second-order valence-corrected chi connectivity index (χ2v) is 8.54. The maximum Gasteiger partial charge on any atom is 0.309 e. The van der Waals surface area contributed by atoms with Gasteiger partial charge < -0.3 is 10.1 Å². The smallest absolute Gasteiger partial charge is 0.309 e. The highest BCUT2D eigenvalue weighted by Gasteiger charge is 2.25. The SMILES string of the molecule is CC(=O)Oc1c(-c2ccc(NC(=O)c3ccc(Cl)cc3)cc2)c(C(C)C)nn1-c1ccccc1. The minimum Gasteiger partial charge on any atom is -0.407 e. The molecule has 1 heterocycles. The van der Waals surface area contributed by atoms with Crippen molar-refractivity contribution in [3.05, 3.63) is 95.1 Å². The Morgan fingerprint density at radius 3 is 2.18 bits per heavy atom. The molecule has 4 aromatic rings. The van der Waals surface area contributed by atoms with Gasteiger partial charge in [0.05, 0.1) is 16.9 Å². The maximum absolute atomic E-state index is 12.5. The van der Waals surface area contributed by atoms with E-state index in [4.69, 9.17) is 21.4 Å². The van der Waals surface area contributed by atoms with Gasteiger partial charge in [-0.3, -0.25) is 9.59 Å². The van der Waals surface area contributed by atoms with Crippen molar-refractivity contribution in [2.75, 3.05) is 5.32 Å². The Balaban J connectivity index is 1.71. The predicted molar refractivity (Wildman–Crippen MR) is 134 cm³/mol. The van der Waals surface area contributed by atoms with Crippen molar-refractivity contribution in [1.29, 1.82) is 0 Å². The first-order chi connectivity index (χ1) is 16.3. The van der Waals surface area contributed by atoms with E-state index in [0.29, 0.717) is 22.2 Å². The minimum absolute atomic E-state index is 0.0820. The van der Waals surface area contributed by atoms with Crippen LogP contribution in [0.1, 0.15) is 42.7 Å². The van der Waals surface area contributed by atoms with Crippen LogP contribution in [-0.4, -0.2) is 21.7 Å². The van der Waals surface area contributed by atoms with Gasteiger partial charge in [-0.15, -0.1) is 0 Å². The van der Waals surface area contributed by atoms with E-state index in [1.807, 2.05) is 68.4 Å². The summed E-state index contributed by atoms with van der Waals surface area (Å²) in [6.07, 6.45) is 0. The molecule has 0 saturated heterocycles. The summed E-state index contributed by atoms with van der Waals surface area (Å²) in [5, 5.41) is 8.24. The third-order valence-corrected chi connectivity index (χ3v) is 5.45. The van der Waals surface area contributed by atoms with Crippen LogP contribution in [0.3, 0.4) is 0 Å². The number of aromatic nitrogens is 2. The number of rotatable bonds is 6. The number of halogens is 1. The average molecular weight is 474 g/mol. The molecule has 1 amide bonds. The van der Waals surface area contributed by atoms with Crippen LogP contribution >= 0.6 is 11.6 Å². The van der Waals surface area contributed by atoms with Crippen molar-refractivity contribution in [1.82, 2.24) is 9.78 Å². The number of esters is 1. The molecule has 3 aromatic carbocycles. The molecule has 0 bridgehead atoms. The van der Waals surface area contributed by atoms with Crippen LogP contribution in [0, 0.1) is 0 Å². The zero-order valence-corrected chi connectivity index (χ0v) is 19.8. The summed E-state index contributed by atoms with van der Waals surface area (Å²) in [4.78, 5) is 24.5. The van der Waals surface area contributed by atoms with Crippen molar-refractivity contribution >= 4 is 29.2 Å². The number of anilines is 1. The van der Waals surface area contributed by atoms with E-state index in [1.165, 1.54) is 6.92 Å². The maximum atomic E-state index is 12.5. The summed E-state index contributed by atoms with van der Waals surface area (Å²) < 4.78 is 7.31. The van der Waals surface area contributed by atoms with Crippen molar-refractivity contribution in [3.63, 3.8) is 0 Å². The van der Waals surface area contributed by atoms with Gasteiger partial charge in [0.15, 0.2) is 0 Å². The first-order valence-electron chi connectivity index (χ1n) is 10.9. The summed E-state index contributed by atoms with van der Waals surface area (Å²) in [6, 6.07) is 23.6. The minimum atomic E-state index is -0.430. The van der Waals surface area contributed by atoms with Gasteiger partial charge >= 0.3 is 5.97 Å². The summed E-state index contributed by atoms with van der Waals surface area (Å²) >= 11 is 5.90. The molecule has 1 N–H and O–H groups in total. The highest BCUT2D eigenvalue weighted by molar-refractivity contribution is 6.30. The Kier molecular flexibility index (Phi) is 6.80. The van der Waals surface area contributed by atoms with E-state index in [9.17, 15) is 9.59 Å². The number of para-hydroxylation sites is 1. The van der Waals surface area contributed by atoms with E-state index < -0.39 is 5.97 Å². The molecule has 0 spiro atoms. The summed E-state index contributed by atoms with van der Waals surface area (Å²) in [5.74, 6) is -0.218. The van der Waals surface area contributed by atoms with E-state index in [-0.39, 0.29) is 11.8 Å². The standard InChI is InChI=1S/C27H24ClN3O3/c1-17(2)25-24(27(34-18(3)32)31(30-25)23-7-5-4-6-8-23)19-11-15-22(16-12-19)29-26(33)20-9-13-21(28)14-10-20/h4-17H,1-3H3,(H,29,33). The molecule has 34 heavy (non-hydrogen) atoms. The first-order valence-corrected chi connectivity index (χ1v) is 11.3. The van der Waals surface area contributed by atoms with Gasteiger partial charge in [0.2, 0.25) is 5.88 Å². The Morgan fingerprint density at radius 1 is 0.941 bits per heavy atom. The predicted octanol–water partition coefficient (Wildman–Crippen LogP) is 6.49. The third-order valence-electron chi connectivity index (χ3n) is 5.20. The Bertz CT molecular complexity index is 1310. The molecular weight excluding hydrogens is 450 g/mol. The molecule has 0 atom stereocenters. The normalized spacial score (nSPS) is 10.9.